The van der Waals surface area contributed by atoms with Crippen molar-refractivity contribution in [2.75, 3.05) is 0 Å². The van der Waals surface area contributed by atoms with Gasteiger partial charge in [-0.05, 0) is 13.8 Å². The van der Waals surface area contributed by atoms with Gasteiger partial charge in [0.1, 0.15) is 0 Å². The Bertz CT molecular complexity index is 114. The van der Waals surface area contributed by atoms with Crippen molar-refractivity contribution in [3.05, 3.63) is 0 Å². The number of carbonyl (C=O) groups excluding carboxylic acids is 1. The monoisotopic (exact) mass is 167 g/mol. The van der Waals surface area contributed by atoms with Gasteiger partial charge in [-0.3, -0.25) is 4.79 Å². The molecule has 0 saturated heterocycles. The van der Waals surface area contributed by atoms with Crippen LogP contribution in [0, 0.1) is 0 Å². The second-order valence-electron chi connectivity index (χ2n) is 2.51. The Balaban J connectivity index is 0. The topological polar surface area (TPSA) is 49.3 Å². The van der Waals surface area contributed by atoms with Crippen LogP contribution in [-0.2, 0) is 4.79 Å². The summed E-state index contributed by atoms with van der Waals surface area (Å²) < 4.78 is 0. The highest BCUT2D eigenvalue weighted by Crippen LogP contribution is 2.04. The first kappa shape index (κ1) is 12.5. The molecule has 0 heterocycles. The number of hydrogen-bond donors (Lipinski definition) is 2. The Morgan fingerprint density at radius 1 is 1.60 bits per heavy atom. The van der Waals surface area contributed by atoms with Crippen molar-refractivity contribution in [1.29, 1.82) is 0 Å². The minimum absolute atomic E-state index is 0. The van der Waals surface area contributed by atoms with E-state index in [2.05, 4.69) is 0 Å². The highest BCUT2D eigenvalue weighted by molar-refractivity contribution is 5.87. The predicted octanol–water partition coefficient (Wildman–Crippen LogP) is 1.14. The molecule has 2 N–H and O–H groups in total. The molecule has 0 saturated carbocycles. The van der Waals surface area contributed by atoms with E-state index in [0.717, 1.165) is 0 Å². The number of nitrogens with one attached hydrogen (secondary N) is 1. The largest absolute Gasteiger partial charge is 0.316 e. The summed E-state index contributed by atoms with van der Waals surface area (Å²) in [6.45, 7) is 5.04. The number of carbonyl (C=O) groups is 1. The van der Waals surface area contributed by atoms with Gasteiger partial charge in [-0.2, -0.15) is 5.48 Å². The zero-order chi connectivity index (χ0) is 7.49. The smallest absolute Gasteiger partial charge is 0.154 e. The van der Waals surface area contributed by atoms with Crippen LogP contribution in [0.4, 0.5) is 0 Å². The molecule has 0 unspecified atom stereocenters. The van der Waals surface area contributed by atoms with E-state index in [9.17, 15) is 4.79 Å². The molecule has 0 aliphatic rings. The quantitative estimate of drug-likeness (QED) is 0.620. The van der Waals surface area contributed by atoms with Crippen molar-refractivity contribution in [3.8, 4) is 0 Å². The van der Waals surface area contributed by atoms with Gasteiger partial charge < -0.3 is 5.21 Å². The minimum atomic E-state index is -0.783. The molecular weight excluding hydrogens is 154 g/mol. The fourth-order valence-corrected chi connectivity index (χ4v) is 0.504. The maximum Gasteiger partial charge on any atom is 0.154 e. The van der Waals surface area contributed by atoms with E-state index >= 15 is 0 Å². The Kier molecular flexibility index (Phi) is 5.84. The highest BCUT2D eigenvalue weighted by atomic mass is 35.5. The van der Waals surface area contributed by atoms with Crippen LogP contribution in [0.15, 0.2) is 0 Å². The van der Waals surface area contributed by atoms with Gasteiger partial charge in [0.15, 0.2) is 5.78 Å². The van der Waals surface area contributed by atoms with Gasteiger partial charge in [0, 0.05) is 6.42 Å². The summed E-state index contributed by atoms with van der Waals surface area (Å²) in [6.07, 6.45) is 0.445. The molecule has 0 aromatic carbocycles. The third-order valence-electron chi connectivity index (χ3n) is 1.30. The first-order chi connectivity index (χ1) is 4.04. The van der Waals surface area contributed by atoms with Gasteiger partial charge in [0.25, 0.3) is 0 Å². The van der Waals surface area contributed by atoms with Crippen molar-refractivity contribution in [1.82, 2.24) is 5.48 Å². The maximum atomic E-state index is 10.8. The lowest BCUT2D eigenvalue weighted by Gasteiger charge is -2.19. The number of Topliss-reactive ketones (excluding diaryl/α,β-unsaturated/α-hetero) is 1. The van der Waals surface area contributed by atoms with Crippen LogP contribution in [0.1, 0.15) is 27.2 Å². The molecule has 0 aromatic rings. The summed E-state index contributed by atoms with van der Waals surface area (Å²) in [5.74, 6) is 0.00463. The van der Waals surface area contributed by atoms with Gasteiger partial charge in [-0.1, -0.05) is 6.92 Å². The molecule has 10 heavy (non-hydrogen) atoms. The summed E-state index contributed by atoms with van der Waals surface area (Å²) in [7, 11) is 0. The van der Waals surface area contributed by atoms with Crippen molar-refractivity contribution in [3.63, 3.8) is 0 Å². The highest BCUT2D eigenvalue weighted by Gasteiger charge is 2.23. The lowest BCUT2D eigenvalue weighted by molar-refractivity contribution is -0.127. The fraction of sp³-hybridized carbons (Fsp3) is 0.833. The molecule has 4 heteroatoms. The lowest BCUT2D eigenvalue weighted by Crippen LogP contribution is -2.44. The van der Waals surface area contributed by atoms with Gasteiger partial charge in [-0.15, -0.1) is 12.4 Å². The minimum Gasteiger partial charge on any atom is -0.316 e. The number of halogens is 1. The zero-order valence-electron chi connectivity index (χ0n) is 6.47. The van der Waals surface area contributed by atoms with E-state index in [-0.39, 0.29) is 18.2 Å². The van der Waals surface area contributed by atoms with Crippen molar-refractivity contribution in [2.24, 2.45) is 0 Å². The van der Waals surface area contributed by atoms with Crippen LogP contribution in [0.2, 0.25) is 0 Å². The molecule has 0 aromatic heterocycles. The van der Waals surface area contributed by atoms with Gasteiger partial charge >= 0.3 is 0 Å². The molecule has 0 atom stereocenters. The molecule has 0 aliphatic carbocycles. The SMILES string of the molecule is CCC(=O)C(C)(C)NO.Cl. The van der Waals surface area contributed by atoms with Crippen LogP contribution < -0.4 is 5.48 Å². The number of hydrogen-bond acceptors (Lipinski definition) is 3. The van der Waals surface area contributed by atoms with Crippen molar-refractivity contribution >= 4 is 18.2 Å². The van der Waals surface area contributed by atoms with Crippen LogP contribution in [0.5, 0.6) is 0 Å². The number of rotatable bonds is 3. The average Bonchev–Trinajstić information content (AvgIpc) is 1.86. The predicted molar refractivity (Wildman–Crippen MR) is 41.5 cm³/mol. The Hall–Kier alpha value is -0.120. The molecule has 0 rings (SSSR count). The van der Waals surface area contributed by atoms with Crippen LogP contribution in [0.3, 0.4) is 0 Å². The molecular formula is C6H14ClNO2. The van der Waals surface area contributed by atoms with E-state index in [1.54, 1.807) is 20.8 Å². The molecule has 0 radical (unpaired) electrons. The zero-order valence-corrected chi connectivity index (χ0v) is 7.29. The van der Waals surface area contributed by atoms with E-state index in [1.165, 1.54) is 0 Å². The fourth-order valence-electron chi connectivity index (χ4n) is 0.504. The van der Waals surface area contributed by atoms with Crippen LogP contribution >= 0.6 is 12.4 Å². The van der Waals surface area contributed by atoms with Crippen molar-refractivity contribution < 1.29 is 10.0 Å². The second-order valence-corrected chi connectivity index (χ2v) is 2.51. The van der Waals surface area contributed by atoms with Gasteiger partial charge in [-0.25, -0.2) is 0 Å². The molecule has 3 nitrogen and oxygen atoms in total. The van der Waals surface area contributed by atoms with E-state index < -0.39 is 5.54 Å². The second kappa shape index (κ2) is 4.66. The number of hydroxylamine groups is 1. The molecule has 0 amide bonds. The third-order valence-corrected chi connectivity index (χ3v) is 1.30. The Labute approximate surface area is 67.2 Å². The van der Waals surface area contributed by atoms with Gasteiger partial charge in [0.05, 0.1) is 5.54 Å². The third kappa shape index (κ3) is 3.15. The standard InChI is InChI=1S/C6H13NO2.ClH/c1-4-5(8)6(2,3)7-9;/h7,9H,4H2,1-3H3;1H. The lowest BCUT2D eigenvalue weighted by atomic mass is 9.99. The molecule has 0 bridgehead atoms. The summed E-state index contributed by atoms with van der Waals surface area (Å²) in [5.41, 5.74) is 1.16. The maximum absolute atomic E-state index is 10.8. The molecule has 0 fully saturated rings. The summed E-state index contributed by atoms with van der Waals surface area (Å²) in [4.78, 5) is 10.8. The normalized spacial score (nSPS) is 10.4. The number of ketones is 1. The summed E-state index contributed by atoms with van der Waals surface area (Å²) in [5, 5.41) is 8.42. The average molecular weight is 168 g/mol. The Morgan fingerprint density at radius 3 is 2.10 bits per heavy atom. The molecule has 0 spiro atoms. The summed E-state index contributed by atoms with van der Waals surface area (Å²) in [6, 6.07) is 0. The van der Waals surface area contributed by atoms with E-state index in [4.69, 9.17) is 5.21 Å². The Morgan fingerprint density at radius 2 is 2.00 bits per heavy atom. The van der Waals surface area contributed by atoms with E-state index in [1.807, 2.05) is 5.48 Å². The first-order valence-electron chi connectivity index (χ1n) is 2.99. The van der Waals surface area contributed by atoms with Crippen LogP contribution in [0.25, 0.3) is 0 Å². The molecule has 0 aliphatic heterocycles. The van der Waals surface area contributed by atoms with Crippen molar-refractivity contribution in [2.45, 2.75) is 32.7 Å². The van der Waals surface area contributed by atoms with Crippen LogP contribution in [-0.4, -0.2) is 16.5 Å². The first-order valence-corrected chi connectivity index (χ1v) is 2.99. The summed E-state index contributed by atoms with van der Waals surface area (Å²) >= 11 is 0. The van der Waals surface area contributed by atoms with E-state index in [0.29, 0.717) is 6.42 Å². The van der Waals surface area contributed by atoms with Gasteiger partial charge in [0.2, 0.25) is 0 Å². The molecule has 62 valence electrons.